The van der Waals surface area contributed by atoms with Gasteiger partial charge in [-0.1, -0.05) is 6.08 Å². The van der Waals surface area contributed by atoms with Crippen LogP contribution in [0, 0.1) is 5.41 Å². The number of rotatable bonds is 7. The molecular formula is C32H37N3O10. The summed E-state index contributed by atoms with van der Waals surface area (Å²) in [6.45, 7) is 0.892. The number of piperidine rings is 1. The van der Waals surface area contributed by atoms with Crippen LogP contribution in [0.15, 0.2) is 48.2 Å². The molecule has 13 heteroatoms. The largest absolute Gasteiger partial charge is 0.507 e. The van der Waals surface area contributed by atoms with Gasteiger partial charge in [0.1, 0.15) is 41.7 Å². The van der Waals surface area contributed by atoms with Crippen LogP contribution in [0.5, 0.6) is 17.2 Å². The number of aliphatic hydroxyl groups excluding tert-OH is 4. The van der Waals surface area contributed by atoms with Crippen LogP contribution < -0.4 is 25.8 Å². The molecule has 2 aromatic carbocycles. The molecule has 0 aromatic heterocycles. The Bertz CT molecular complexity index is 1560. The quantitative estimate of drug-likeness (QED) is 0.168. The summed E-state index contributed by atoms with van der Waals surface area (Å²) in [5, 5.41) is 58.3. The van der Waals surface area contributed by atoms with E-state index in [1.165, 1.54) is 25.3 Å². The van der Waals surface area contributed by atoms with Crippen LogP contribution in [0.2, 0.25) is 0 Å². The number of hydrogen-bond donors (Lipinski definition) is 8. The summed E-state index contributed by atoms with van der Waals surface area (Å²) in [4.78, 5) is 28.0. The number of aromatic hydroxyl groups is 1. The molecule has 0 amide bonds. The van der Waals surface area contributed by atoms with Crippen molar-refractivity contribution in [2.24, 2.45) is 11.1 Å². The highest BCUT2D eigenvalue weighted by Crippen LogP contribution is 2.45. The third-order valence-corrected chi connectivity index (χ3v) is 9.15. The van der Waals surface area contributed by atoms with Crippen molar-refractivity contribution in [2.45, 2.75) is 56.1 Å². The van der Waals surface area contributed by atoms with E-state index in [2.05, 4.69) is 10.6 Å². The molecule has 3 heterocycles. The van der Waals surface area contributed by atoms with Gasteiger partial charge >= 0.3 is 0 Å². The predicted octanol–water partition coefficient (Wildman–Crippen LogP) is -0.405. The fourth-order valence-electron chi connectivity index (χ4n) is 6.67. The Morgan fingerprint density at radius 3 is 2.40 bits per heavy atom. The lowest BCUT2D eigenvalue weighted by molar-refractivity contribution is -0.277. The number of methoxy groups -OCH3 is 1. The summed E-state index contributed by atoms with van der Waals surface area (Å²) in [6, 6.07) is 5.86. The number of nitrogens with two attached hydrogens (primary N) is 1. The molecule has 2 saturated heterocycles. The SMILES string of the molecule is COc1cc(OC2OC(CO)C(O)C(O)C2O)c2c(c1)C(=O)c1cc(CC3(C4=CNC(N)C=C4)CCNCC3)cc(O)c1C2=O. The van der Waals surface area contributed by atoms with Crippen molar-refractivity contribution in [2.75, 3.05) is 26.8 Å². The van der Waals surface area contributed by atoms with Gasteiger partial charge in [0.05, 0.1) is 31.0 Å². The maximum atomic E-state index is 14.0. The molecule has 3 aliphatic heterocycles. The first-order chi connectivity index (χ1) is 21.6. The van der Waals surface area contributed by atoms with Gasteiger partial charge in [0, 0.05) is 28.8 Å². The molecule has 1 aliphatic carbocycles. The van der Waals surface area contributed by atoms with Crippen molar-refractivity contribution in [1.82, 2.24) is 10.6 Å². The van der Waals surface area contributed by atoms with E-state index in [4.69, 9.17) is 19.9 Å². The second-order valence-corrected chi connectivity index (χ2v) is 11.9. The van der Waals surface area contributed by atoms with Gasteiger partial charge in [-0.05, 0) is 67.8 Å². The minimum atomic E-state index is -1.76. The standard InChI is InChI=1S/C32H37N3O10/c1-43-17-10-19-25(21(11-17)44-31-30(42)29(41)27(39)22(14-36)45-31)28(40)24-18(26(19)38)8-15(9-20(24)37)12-32(4-6-34-7-5-32)16-2-3-23(33)35-13-16/h2-3,8-11,13,22-23,27,29-31,34-37,39,41-42H,4-7,12,14,33H2,1H3. The number of ketones is 2. The molecule has 6 atom stereocenters. The zero-order valence-electron chi connectivity index (χ0n) is 24.6. The molecule has 6 rings (SSSR count). The Morgan fingerprint density at radius 1 is 1.00 bits per heavy atom. The molecule has 6 unspecified atom stereocenters. The fourth-order valence-corrected chi connectivity index (χ4v) is 6.67. The normalized spacial score (nSPS) is 28.9. The number of phenols is 1. The highest BCUT2D eigenvalue weighted by molar-refractivity contribution is 6.30. The molecule has 240 valence electrons. The van der Waals surface area contributed by atoms with Gasteiger partial charge in [-0.25, -0.2) is 0 Å². The van der Waals surface area contributed by atoms with Crippen LogP contribution >= 0.6 is 0 Å². The average Bonchev–Trinajstić information content (AvgIpc) is 3.04. The Labute approximate surface area is 258 Å². The lowest BCUT2D eigenvalue weighted by Gasteiger charge is -2.40. The first-order valence-electron chi connectivity index (χ1n) is 14.8. The number of aliphatic hydroxyl groups is 4. The molecular weight excluding hydrogens is 586 g/mol. The van der Waals surface area contributed by atoms with E-state index in [1.807, 2.05) is 18.4 Å². The number of hydrogen-bond acceptors (Lipinski definition) is 13. The smallest absolute Gasteiger partial charge is 0.229 e. The third-order valence-electron chi connectivity index (χ3n) is 9.15. The fraction of sp³-hybridized carbons (Fsp3) is 0.438. The molecule has 9 N–H and O–H groups in total. The van der Waals surface area contributed by atoms with Crippen LogP contribution in [-0.2, 0) is 11.2 Å². The van der Waals surface area contributed by atoms with Crippen LogP contribution in [0.3, 0.4) is 0 Å². The van der Waals surface area contributed by atoms with E-state index < -0.39 is 48.9 Å². The number of benzene rings is 2. The van der Waals surface area contributed by atoms with Crippen LogP contribution in [0.4, 0.5) is 0 Å². The lowest BCUT2D eigenvalue weighted by atomic mass is 9.68. The molecule has 0 radical (unpaired) electrons. The van der Waals surface area contributed by atoms with Crippen LogP contribution in [0.25, 0.3) is 0 Å². The molecule has 0 spiro atoms. The minimum absolute atomic E-state index is 0.0342. The number of allylic oxidation sites excluding steroid dienone is 2. The van der Waals surface area contributed by atoms with Crippen molar-refractivity contribution in [3.05, 3.63) is 76.0 Å². The van der Waals surface area contributed by atoms with Gasteiger partial charge in [0.2, 0.25) is 12.1 Å². The predicted molar refractivity (Wildman–Crippen MR) is 159 cm³/mol. The number of carbonyl (C=O) groups is 2. The summed E-state index contributed by atoms with van der Waals surface area (Å²) >= 11 is 0. The summed E-state index contributed by atoms with van der Waals surface area (Å²) in [5.41, 5.74) is 7.03. The van der Waals surface area contributed by atoms with E-state index >= 15 is 0 Å². The first kappa shape index (κ1) is 31.2. The zero-order chi connectivity index (χ0) is 32.0. The van der Waals surface area contributed by atoms with E-state index in [9.17, 15) is 35.1 Å². The Balaban J connectivity index is 1.37. The van der Waals surface area contributed by atoms with Gasteiger partial charge in [-0.2, -0.15) is 0 Å². The van der Waals surface area contributed by atoms with Crippen molar-refractivity contribution in [1.29, 1.82) is 0 Å². The van der Waals surface area contributed by atoms with E-state index in [0.29, 0.717) is 12.0 Å². The third kappa shape index (κ3) is 5.50. The molecule has 2 aromatic rings. The molecule has 2 fully saturated rings. The van der Waals surface area contributed by atoms with Crippen molar-refractivity contribution >= 4 is 11.6 Å². The average molecular weight is 624 g/mol. The van der Waals surface area contributed by atoms with Gasteiger partial charge in [0.25, 0.3) is 0 Å². The number of phenolic OH excluding ortho intramolecular Hbond substituents is 1. The Morgan fingerprint density at radius 2 is 1.73 bits per heavy atom. The van der Waals surface area contributed by atoms with Crippen molar-refractivity contribution < 1.29 is 49.3 Å². The second-order valence-electron chi connectivity index (χ2n) is 11.9. The van der Waals surface area contributed by atoms with Crippen molar-refractivity contribution in [3.8, 4) is 17.2 Å². The number of carbonyl (C=O) groups excluding carboxylic acids is 2. The number of ether oxygens (including phenoxy) is 3. The number of dihydropyridines is 1. The number of fused-ring (bicyclic) bond motifs is 2. The maximum Gasteiger partial charge on any atom is 0.229 e. The van der Waals surface area contributed by atoms with E-state index in [1.54, 1.807) is 6.07 Å². The number of nitrogens with one attached hydrogen (secondary N) is 2. The summed E-state index contributed by atoms with van der Waals surface area (Å²) in [5.74, 6) is -1.65. The van der Waals surface area contributed by atoms with Gasteiger partial charge in [-0.3, -0.25) is 9.59 Å². The van der Waals surface area contributed by atoms with E-state index in [-0.39, 0.29) is 51.1 Å². The van der Waals surface area contributed by atoms with Crippen molar-refractivity contribution in [3.63, 3.8) is 0 Å². The molecule has 0 bridgehead atoms. The zero-order valence-corrected chi connectivity index (χ0v) is 24.6. The maximum absolute atomic E-state index is 14.0. The first-order valence-corrected chi connectivity index (χ1v) is 14.8. The monoisotopic (exact) mass is 623 g/mol. The lowest BCUT2D eigenvalue weighted by Crippen LogP contribution is -2.60. The molecule has 4 aliphatic rings. The summed E-state index contributed by atoms with van der Waals surface area (Å²) < 4.78 is 16.7. The topological polar surface area (TPSA) is 213 Å². The Kier molecular flexibility index (Phi) is 8.43. The van der Waals surface area contributed by atoms with Gasteiger partial charge in [-0.15, -0.1) is 0 Å². The Hall–Kier alpha value is -3.82. The highest BCUT2D eigenvalue weighted by Gasteiger charge is 2.46. The minimum Gasteiger partial charge on any atom is -0.507 e. The molecule has 45 heavy (non-hydrogen) atoms. The molecule has 13 nitrogen and oxygen atoms in total. The van der Waals surface area contributed by atoms with Crippen LogP contribution in [-0.4, -0.2) is 101 Å². The summed E-state index contributed by atoms with van der Waals surface area (Å²) in [7, 11) is 1.36. The van der Waals surface area contributed by atoms with E-state index in [0.717, 1.165) is 31.5 Å². The molecule has 0 saturated carbocycles. The second kappa shape index (κ2) is 12.2. The van der Waals surface area contributed by atoms with Gasteiger partial charge < -0.3 is 56.1 Å². The summed E-state index contributed by atoms with van der Waals surface area (Å²) in [6.07, 6.45) is -0.321. The van der Waals surface area contributed by atoms with Crippen LogP contribution in [0.1, 0.15) is 50.2 Å². The van der Waals surface area contributed by atoms with Gasteiger partial charge in [0.15, 0.2) is 5.78 Å². The highest BCUT2D eigenvalue weighted by atomic mass is 16.7.